The van der Waals surface area contributed by atoms with Gasteiger partial charge in [0.15, 0.2) is 0 Å². The minimum absolute atomic E-state index is 0. The number of amides is 1. The highest BCUT2D eigenvalue weighted by Crippen LogP contribution is 2.25. The summed E-state index contributed by atoms with van der Waals surface area (Å²) in [6.45, 7) is 1.67. The second-order valence-electron chi connectivity index (χ2n) is 6.65. The molecule has 1 amide bonds. The van der Waals surface area contributed by atoms with Crippen LogP contribution in [0, 0.1) is 5.92 Å². The molecule has 2 rings (SSSR count). The minimum Gasteiger partial charge on any atom is -0.493 e. The summed E-state index contributed by atoms with van der Waals surface area (Å²) in [5.74, 6) is 0.898. The van der Waals surface area contributed by atoms with Crippen LogP contribution in [0.2, 0.25) is 0 Å². The molecule has 1 fully saturated rings. The van der Waals surface area contributed by atoms with Crippen molar-refractivity contribution >= 4 is 36.4 Å². The van der Waals surface area contributed by atoms with Crippen LogP contribution >= 0.6 is 24.8 Å². The number of hydrogen-bond acceptors (Lipinski definition) is 4. The molecule has 5 nitrogen and oxygen atoms in total. The van der Waals surface area contributed by atoms with E-state index in [1.807, 2.05) is 38.4 Å². The van der Waals surface area contributed by atoms with Gasteiger partial charge < -0.3 is 20.7 Å². The van der Waals surface area contributed by atoms with Gasteiger partial charge in [0.2, 0.25) is 5.91 Å². The zero-order chi connectivity index (χ0) is 16.7. The van der Waals surface area contributed by atoms with Crippen molar-refractivity contribution in [3.05, 3.63) is 24.3 Å². The summed E-state index contributed by atoms with van der Waals surface area (Å²) in [7, 11) is 4.10. The lowest BCUT2D eigenvalue weighted by Gasteiger charge is -2.25. The van der Waals surface area contributed by atoms with E-state index in [9.17, 15) is 4.79 Å². The molecule has 1 aliphatic rings. The van der Waals surface area contributed by atoms with Crippen LogP contribution in [0.3, 0.4) is 0 Å². The number of anilines is 1. The number of benzene rings is 1. The van der Waals surface area contributed by atoms with E-state index in [4.69, 9.17) is 10.5 Å². The van der Waals surface area contributed by atoms with Crippen molar-refractivity contribution in [2.75, 3.05) is 32.6 Å². The van der Waals surface area contributed by atoms with Crippen LogP contribution in [0.25, 0.3) is 0 Å². The lowest BCUT2D eigenvalue weighted by atomic mass is 9.85. The Hall–Kier alpha value is -1.01. The van der Waals surface area contributed by atoms with Gasteiger partial charge in [-0.25, -0.2) is 0 Å². The summed E-state index contributed by atoms with van der Waals surface area (Å²) >= 11 is 0. The molecule has 7 heteroatoms. The van der Waals surface area contributed by atoms with Gasteiger partial charge in [-0.15, -0.1) is 24.8 Å². The fourth-order valence-corrected chi connectivity index (χ4v) is 2.94. The quantitative estimate of drug-likeness (QED) is 0.699. The molecule has 0 saturated heterocycles. The summed E-state index contributed by atoms with van der Waals surface area (Å²) in [6.07, 6.45) is 4.75. The van der Waals surface area contributed by atoms with Crippen molar-refractivity contribution in [1.82, 2.24) is 4.90 Å². The second kappa shape index (κ2) is 12.4. The van der Waals surface area contributed by atoms with Crippen molar-refractivity contribution in [2.24, 2.45) is 11.7 Å². The Morgan fingerprint density at radius 1 is 1.32 bits per heavy atom. The van der Waals surface area contributed by atoms with Crippen LogP contribution in [0.1, 0.15) is 32.1 Å². The molecule has 1 aliphatic carbocycles. The normalized spacial score (nSPS) is 19.5. The topological polar surface area (TPSA) is 67.6 Å². The third-order valence-electron chi connectivity index (χ3n) is 4.21. The van der Waals surface area contributed by atoms with Gasteiger partial charge in [0.1, 0.15) is 5.75 Å². The molecule has 0 aromatic heterocycles. The molecule has 2 unspecified atom stereocenters. The molecule has 1 saturated carbocycles. The molecular weight excluding hydrogens is 361 g/mol. The lowest BCUT2D eigenvalue weighted by molar-refractivity contribution is -0.120. The van der Waals surface area contributed by atoms with Gasteiger partial charge >= 0.3 is 0 Å². The van der Waals surface area contributed by atoms with E-state index in [1.165, 1.54) is 0 Å². The van der Waals surface area contributed by atoms with Crippen molar-refractivity contribution in [2.45, 2.75) is 38.1 Å². The Morgan fingerprint density at radius 2 is 2.08 bits per heavy atom. The standard InChI is InChI=1S/C18H29N3O2.2ClH/c1-21(2)10-5-11-23-17-9-4-8-16(13-17)20-18(22)14-6-3-7-15(19)12-14;;/h4,8-9,13-15H,3,5-7,10-12,19H2,1-2H3,(H,20,22);2*1H. The Bertz CT molecular complexity index is 515. The highest BCUT2D eigenvalue weighted by Gasteiger charge is 2.25. The van der Waals surface area contributed by atoms with E-state index in [-0.39, 0.29) is 42.7 Å². The van der Waals surface area contributed by atoms with Gasteiger partial charge in [0.25, 0.3) is 0 Å². The predicted octanol–water partition coefficient (Wildman–Crippen LogP) is 3.32. The highest BCUT2D eigenvalue weighted by molar-refractivity contribution is 5.92. The van der Waals surface area contributed by atoms with Crippen molar-refractivity contribution < 1.29 is 9.53 Å². The summed E-state index contributed by atoms with van der Waals surface area (Å²) in [5.41, 5.74) is 6.76. The molecule has 1 aromatic rings. The summed E-state index contributed by atoms with van der Waals surface area (Å²) in [4.78, 5) is 14.5. The Balaban J connectivity index is 0.00000288. The maximum Gasteiger partial charge on any atom is 0.227 e. The smallest absolute Gasteiger partial charge is 0.227 e. The van der Waals surface area contributed by atoms with Crippen LogP contribution in [-0.4, -0.2) is 44.1 Å². The number of nitrogens with zero attached hydrogens (tertiary/aromatic N) is 1. The van der Waals surface area contributed by atoms with E-state index in [0.717, 1.165) is 50.1 Å². The zero-order valence-corrected chi connectivity index (χ0v) is 16.7. The first-order chi connectivity index (χ1) is 11.0. The first-order valence-corrected chi connectivity index (χ1v) is 8.48. The van der Waals surface area contributed by atoms with Crippen LogP contribution in [0.5, 0.6) is 5.75 Å². The fraction of sp³-hybridized carbons (Fsp3) is 0.611. The molecule has 1 aromatic carbocycles. The predicted molar refractivity (Wildman–Crippen MR) is 108 cm³/mol. The fourth-order valence-electron chi connectivity index (χ4n) is 2.94. The molecule has 0 spiro atoms. The van der Waals surface area contributed by atoms with Gasteiger partial charge in [-0.05, 0) is 51.9 Å². The van der Waals surface area contributed by atoms with Crippen molar-refractivity contribution in [1.29, 1.82) is 0 Å². The first kappa shape index (κ1) is 24.0. The Morgan fingerprint density at radius 3 is 2.76 bits per heavy atom. The first-order valence-electron chi connectivity index (χ1n) is 8.48. The van der Waals surface area contributed by atoms with E-state index < -0.39 is 0 Å². The molecule has 3 N–H and O–H groups in total. The minimum atomic E-state index is 0. The molecule has 144 valence electrons. The van der Waals surface area contributed by atoms with E-state index in [1.54, 1.807) is 0 Å². The van der Waals surface area contributed by atoms with Gasteiger partial charge in [-0.2, -0.15) is 0 Å². The molecule has 2 atom stereocenters. The van der Waals surface area contributed by atoms with Crippen LogP contribution in [0.4, 0.5) is 5.69 Å². The molecule has 25 heavy (non-hydrogen) atoms. The molecule has 0 bridgehead atoms. The average Bonchev–Trinajstić information content (AvgIpc) is 2.52. The van der Waals surface area contributed by atoms with Crippen molar-refractivity contribution in [3.63, 3.8) is 0 Å². The number of rotatable bonds is 7. The number of ether oxygens (including phenoxy) is 1. The van der Waals surface area contributed by atoms with E-state index in [0.29, 0.717) is 6.61 Å². The Kier molecular flexibility index (Phi) is 11.9. The number of halogens is 2. The molecular formula is C18H31Cl2N3O2. The number of hydrogen-bond donors (Lipinski definition) is 2. The lowest BCUT2D eigenvalue weighted by Crippen LogP contribution is -2.34. The van der Waals surface area contributed by atoms with Gasteiger partial charge in [-0.1, -0.05) is 12.5 Å². The molecule has 0 radical (unpaired) electrons. The van der Waals surface area contributed by atoms with Crippen LogP contribution in [0.15, 0.2) is 24.3 Å². The summed E-state index contributed by atoms with van der Waals surface area (Å²) in [6, 6.07) is 7.76. The summed E-state index contributed by atoms with van der Waals surface area (Å²) < 4.78 is 5.74. The third-order valence-corrected chi connectivity index (χ3v) is 4.21. The summed E-state index contributed by atoms with van der Waals surface area (Å²) in [5, 5.41) is 3.00. The number of carbonyl (C=O) groups is 1. The van der Waals surface area contributed by atoms with E-state index >= 15 is 0 Å². The SMILES string of the molecule is CN(C)CCCOc1cccc(NC(=O)C2CCCC(N)C2)c1.Cl.Cl. The number of nitrogens with two attached hydrogens (primary N) is 1. The van der Waals surface area contributed by atoms with Gasteiger partial charge in [0.05, 0.1) is 6.61 Å². The van der Waals surface area contributed by atoms with Crippen molar-refractivity contribution in [3.8, 4) is 5.75 Å². The van der Waals surface area contributed by atoms with Crippen LogP contribution < -0.4 is 15.8 Å². The average molecular weight is 392 g/mol. The number of carbonyl (C=O) groups excluding carboxylic acids is 1. The Labute approximate surface area is 163 Å². The maximum atomic E-state index is 12.3. The monoisotopic (exact) mass is 391 g/mol. The zero-order valence-electron chi connectivity index (χ0n) is 15.1. The molecule has 0 heterocycles. The maximum absolute atomic E-state index is 12.3. The second-order valence-corrected chi connectivity index (χ2v) is 6.65. The van der Waals surface area contributed by atoms with E-state index in [2.05, 4.69) is 10.2 Å². The van der Waals surface area contributed by atoms with Gasteiger partial charge in [-0.3, -0.25) is 4.79 Å². The van der Waals surface area contributed by atoms with Gasteiger partial charge in [0, 0.05) is 30.3 Å². The third kappa shape index (κ3) is 8.77. The number of nitrogens with one attached hydrogen (secondary N) is 1. The molecule has 0 aliphatic heterocycles. The largest absolute Gasteiger partial charge is 0.493 e. The van der Waals surface area contributed by atoms with Crippen LogP contribution in [-0.2, 0) is 4.79 Å². The highest BCUT2D eigenvalue weighted by atomic mass is 35.5.